The van der Waals surface area contributed by atoms with E-state index in [2.05, 4.69) is 34.2 Å². The Bertz CT molecular complexity index is 679. The molecule has 19 heavy (non-hydrogen) atoms. The first kappa shape index (κ1) is 11.9. The molecule has 92 valence electrons. The first-order chi connectivity index (χ1) is 9.34. The van der Waals surface area contributed by atoms with Crippen LogP contribution in [-0.2, 0) is 0 Å². The lowest BCUT2D eigenvalue weighted by molar-refractivity contribution is 1.17. The second-order valence-corrected chi connectivity index (χ2v) is 4.49. The average Bonchev–Trinajstić information content (AvgIpc) is 2.49. The van der Waals surface area contributed by atoms with Gasteiger partial charge in [-0.25, -0.2) is 9.97 Å². The molecule has 3 rings (SSSR count). The lowest BCUT2D eigenvalue weighted by Gasteiger charge is -2.09. The molecule has 0 unspecified atom stereocenters. The third kappa shape index (κ3) is 2.49. The minimum Gasteiger partial charge on any atom is -0.226 e. The first-order valence-electron chi connectivity index (χ1n) is 5.97. The van der Waals surface area contributed by atoms with Crippen LogP contribution in [0.3, 0.4) is 0 Å². The van der Waals surface area contributed by atoms with Crippen LogP contribution in [0.25, 0.3) is 22.3 Å². The van der Waals surface area contributed by atoms with Gasteiger partial charge in [-0.1, -0.05) is 54.6 Å². The van der Waals surface area contributed by atoms with E-state index in [0.29, 0.717) is 0 Å². The number of halogens is 1. The van der Waals surface area contributed by atoms with E-state index in [1.807, 2.05) is 30.3 Å². The molecule has 0 saturated heterocycles. The summed E-state index contributed by atoms with van der Waals surface area (Å²) in [7, 11) is 0. The van der Waals surface area contributed by atoms with Crippen molar-refractivity contribution >= 4 is 11.6 Å². The van der Waals surface area contributed by atoms with Gasteiger partial charge in [-0.05, 0) is 28.3 Å². The summed E-state index contributed by atoms with van der Waals surface area (Å²) in [6, 6.07) is 18.5. The predicted molar refractivity (Wildman–Crippen MR) is 77.9 cm³/mol. The van der Waals surface area contributed by atoms with Crippen LogP contribution >= 0.6 is 11.6 Å². The zero-order valence-corrected chi connectivity index (χ0v) is 10.9. The van der Waals surface area contributed by atoms with Gasteiger partial charge in [0.15, 0.2) is 0 Å². The van der Waals surface area contributed by atoms with E-state index < -0.39 is 0 Å². The van der Waals surface area contributed by atoms with Gasteiger partial charge in [0.25, 0.3) is 0 Å². The molecular formula is C16H11ClN2. The van der Waals surface area contributed by atoms with Crippen molar-refractivity contribution in [3.63, 3.8) is 0 Å². The summed E-state index contributed by atoms with van der Waals surface area (Å²) in [6.45, 7) is 0. The van der Waals surface area contributed by atoms with E-state index in [4.69, 9.17) is 11.6 Å². The van der Waals surface area contributed by atoms with Crippen LogP contribution in [0.15, 0.2) is 67.0 Å². The van der Waals surface area contributed by atoms with Gasteiger partial charge >= 0.3 is 0 Å². The Morgan fingerprint density at radius 1 is 0.632 bits per heavy atom. The van der Waals surface area contributed by atoms with Gasteiger partial charge in [-0.2, -0.15) is 0 Å². The molecular weight excluding hydrogens is 256 g/mol. The second kappa shape index (κ2) is 5.21. The molecule has 0 spiro atoms. The first-order valence-corrected chi connectivity index (χ1v) is 6.35. The summed E-state index contributed by atoms with van der Waals surface area (Å²) in [5, 5.41) is 0.265. The number of hydrogen-bond donors (Lipinski definition) is 0. The molecule has 0 amide bonds. The Morgan fingerprint density at radius 2 is 1.16 bits per heavy atom. The number of aromatic nitrogens is 2. The molecule has 0 fully saturated rings. The molecule has 0 aliphatic carbocycles. The maximum absolute atomic E-state index is 5.73. The van der Waals surface area contributed by atoms with Crippen molar-refractivity contribution in [2.75, 3.05) is 0 Å². The van der Waals surface area contributed by atoms with Crippen LogP contribution in [0.5, 0.6) is 0 Å². The molecule has 0 radical (unpaired) electrons. The van der Waals surface area contributed by atoms with Crippen molar-refractivity contribution in [2.45, 2.75) is 0 Å². The quantitative estimate of drug-likeness (QED) is 0.640. The van der Waals surface area contributed by atoms with E-state index >= 15 is 0 Å². The van der Waals surface area contributed by atoms with E-state index in [1.165, 1.54) is 5.56 Å². The molecule has 3 aromatic rings. The standard InChI is InChI=1S/C16H11ClN2/c17-16-18-10-13(11-19-16)15-9-5-4-8-14(15)12-6-2-1-3-7-12/h1-11H. The van der Waals surface area contributed by atoms with Gasteiger partial charge in [0.1, 0.15) is 0 Å². The van der Waals surface area contributed by atoms with Crippen LogP contribution in [0.1, 0.15) is 0 Å². The van der Waals surface area contributed by atoms with Crippen LogP contribution in [0, 0.1) is 0 Å². The fraction of sp³-hybridized carbons (Fsp3) is 0. The van der Waals surface area contributed by atoms with Crippen LogP contribution < -0.4 is 0 Å². The van der Waals surface area contributed by atoms with Crippen molar-refractivity contribution in [3.8, 4) is 22.3 Å². The molecule has 0 aliphatic heterocycles. The van der Waals surface area contributed by atoms with Crippen molar-refractivity contribution in [2.24, 2.45) is 0 Å². The maximum Gasteiger partial charge on any atom is 0.222 e. The van der Waals surface area contributed by atoms with Gasteiger partial charge in [-0.3, -0.25) is 0 Å². The third-order valence-corrected chi connectivity index (χ3v) is 3.14. The van der Waals surface area contributed by atoms with Gasteiger partial charge in [0.05, 0.1) is 0 Å². The van der Waals surface area contributed by atoms with Crippen LogP contribution in [0.4, 0.5) is 0 Å². The summed E-state index contributed by atoms with van der Waals surface area (Å²) < 4.78 is 0. The Labute approximate surface area is 116 Å². The predicted octanol–water partition coefficient (Wildman–Crippen LogP) is 4.46. The summed E-state index contributed by atoms with van der Waals surface area (Å²) in [5.74, 6) is 0. The Morgan fingerprint density at radius 3 is 1.79 bits per heavy atom. The summed E-state index contributed by atoms with van der Waals surface area (Å²) >= 11 is 5.73. The molecule has 0 N–H and O–H groups in total. The lowest BCUT2D eigenvalue weighted by Crippen LogP contribution is -1.88. The highest BCUT2D eigenvalue weighted by atomic mass is 35.5. The highest BCUT2D eigenvalue weighted by molar-refractivity contribution is 6.28. The van der Waals surface area contributed by atoms with Crippen LogP contribution in [-0.4, -0.2) is 9.97 Å². The smallest absolute Gasteiger partial charge is 0.222 e. The normalized spacial score (nSPS) is 10.4. The summed E-state index contributed by atoms with van der Waals surface area (Å²) in [6.07, 6.45) is 3.49. The van der Waals surface area contributed by atoms with Gasteiger partial charge in [0.2, 0.25) is 5.28 Å². The number of rotatable bonds is 2. The lowest BCUT2D eigenvalue weighted by atomic mass is 9.96. The largest absolute Gasteiger partial charge is 0.226 e. The highest BCUT2D eigenvalue weighted by Gasteiger charge is 2.07. The molecule has 1 heterocycles. The van der Waals surface area contributed by atoms with Gasteiger partial charge in [0, 0.05) is 18.0 Å². The zero-order chi connectivity index (χ0) is 13.1. The van der Waals surface area contributed by atoms with Crippen molar-refractivity contribution in [3.05, 3.63) is 72.3 Å². The topological polar surface area (TPSA) is 25.8 Å². The number of nitrogens with zero attached hydrogens (tertiary/aromatic N) is 2. The number of benzene rings is 2. The molecule has 0 bridgehead atoms. The van der Waals surface area contributed by atoms with E-state index in [-0.39, 0.29) is 5.28 Å². The van der Waals surface area contributed by atoms with Gasteiger partial charge < -0.3 is 0 Å². The molecule has 3 heteroatoms. The summed E-state index contributed by atoms with van der Waals surface area (Å²) in [4.78, 5) is 8.09. The van der Waals surface area contributed by atoms with E-state index in [9.17, 15) is 0 Å². The fourth-order valence-electron chi connectivity index (χ4n) is 2.06. The van der Waals surface area contributed by atoms with Crippen molar-refractivity contribution in [1.29, 1.82) is 0 Å². The summed E-state index contributed by atoms with van der Waals surface area (Å²) in [5.41, 5.74) is 4.40. The Hall–Kier alpha value is -2.19. The number of hydrogen-bond acceptors (Lipinski definition) is 2. The molecule has 0 atom stereocenters. The van der Waals surface area contributed by atoms with Crippen molar-refractivity contribution in [1.82, 2.24) is 9.97 Å². The van der Waals surface area contributed by atoms with Crippen LogP contribution in [0.2, 0.25) is 5.28 Å². The Kier molecular flexibility index (Phi) is 3.25. The van der Waals surface area contributed by atoms with Gasteiger partial charge in [-0.15, -0.1) is 0 Å². The SMILES string of the molecule is Clc1ncc(-c2ccccc2-c2ccccc2)cn1. The third-order valence-electron chi connectivity index (χ3n) is 2.94. The highest BCUT2D eigenvalue weighted by Crippen LogP contribution is 2.31. The van der Waals surface area contributed by atoms with Crippen molar-refractivity contribution < 1.29 is 0 Å². The molecule has 2 aromatic carbocycles. The molecule has 0 saturated carbocycles. The molecule has 2 nitrogen and oxygen atoms in total. The minimum absolute atomic E-state index is 0.265. The zero-order valence-electron chi connectivity index (χ0n) is 10.1. The van der Waals surface area contributed by atoms with E-state index in [0.717, 1.165) is 16.7 Å². The Balaban J connectivity index is 2.15. The van der Waals surface area contributed by atoms with E-state index in [1.54, 1.807) is 12.4 Å². The minimum atomic E-state index is 0.265. The average molecular weight is 267 g/mol. The molecule has 0 aliphatic rings. The monoisotopic (exact) mass is 266 g/mol. The second-order valence-electron chi connectivity index (χ2n) is 4.15. The maximum atomic E-state index is 5.73. The molecule has 1 aromatic heterocycles. The fourth-order valence-corrected chi connectivity index (χ4v) is 2.15.